The van der Waals surface area contributed by atoms with Crippen molar-refractivity contribution in [1.29, 1.82) is 5.26 Å². The molecule has 3 rings (SSSR count). The third-order valence-corrected chi connectivity index (χ3v) is 6.30. The second kappa shape index (κ2) is 8.07. The summed E-state index contributed by atoms with van der Waals surface area (Å²) in [7, 11) is -2.61. The lowest BCUT2D eigenvalue weighted by Gasteiger charge is -2.07. The van der Waals surface area contributed by atoms with E-state index in [1.165, 1.54) is 30.5 Å². The zero-order chi connectivity index (χ0) is 20.3. The van der Waals surface area contributed by atoms with E-state index in [1.807, 2.05) is 0 Å². The van der Waals surface area contributed by atoms with Gasteiger partial charge in [0.25, 0.3) is 0 Å². The van der Waals surface area contributed by atoms with Gasteiger partial charge in [-0.1, -0.05) is 23.2 Å². The first-order chi connectivity index (χ1) is 13.4. The highest BCUT2D eigenvalue weighted by Crippen LogP contribution is 2.31. The average molecular weight is 434 g/mol. The molecule has 0 aliphatic heterocycles. The van der Waals surface area contributed by atoms with E-state index in [0.717, 1.165) is 5.56 Å². The number of sulfone groups is 1. The van der Waals surface area contributed by atoms with Crippen LogP contribution in [0.3, 0.4) is 0 Å². The van der Waals surface area contributed by atoms with Crippen LogP contribution in [0, 0.1) is 11.3 Å². The molecule has 0 radical (unpaired) electrons. The molecule has 0 aliphatic carbocycles. The minimum absolute atomic E-state index is 0.0203. The Balaban J connectivity index is 2.08. The molecule has 1 heterocycles. The van der Waals surface area contributed by atoms with Crippen LogP contribution in [-0.2, 0) is 9.84 Å². The fourth-order valence-electron chi connectivity index (χ4n) is 2.51. The van der Waals surface area contributed by atoms with Crippen molar-refractivity contribution < 1.29 is 13.2 Å². The quantitative estimate of drug-likeness (QED) is 0.586. The summed E-state index contributed by atoms with van der Waals surface area (Å²) in [6.45, 7) is 0. The molecule has 6 nitrogen and oxygen atoms in total. The van der Waals surface area contributed by atoms with Crippen LogP contribution in [0.1, 0.15) is 5.56 Å². The van der Waals surface area contributed by atoms with Gasteiger partial charge in [0, 0.05) is 16.1 Å². The maximum Gasteiger partial charge on any atom is 0.218 e. The van der Waals surface area contributed by atoms with Gasteiger partial charge in [-0.25, -0.2) is 8.42 Å². The minimum atomic E-state index is -4.17. The van der Waals surface area contributed by atoms with E-state index in [0.29, 0.717) is 17.0 Å². The standard InChI is InChI=1S/C19H13Cl2N3O3S/c1-27-15-5-2-12(3-6-15)19-13(11-23-24-19)8-16(10-22)28(25,26)18-9-14(20)4-7-17(18)21/h2-9,11H,1H3,(H,23,24)/b16-8+. The molecule has 142 valence electrons. The van der Waals surface area contributed by atoms with Gasteiger partial charge in [-0.3, -0.25) is 5.10 Å². The van der Waals surface area contributed by atoms with Crippen molar-refractivity contribution in [2.24, 2.45) is 0 Å². The van der Waals surface area contributed by atoms with Gasteiger partial charge in [0.15, 0.2) is 0 Å². The third kappa shape index (κ3) is 3.90. The van der Waals surface area contributed by atoms with Crippen molar-refractivity contribution >= 4 is 39.1 Å². The molecule has 0 saturated heterocycles. The Labute approximate surface area is 171 Å². The highest BCUT2D eigenvalue weighted by atomic mass is 35.5. The van der Waals surface area contributed by atoms with Crippen LogP contribution in [0.15, 0.2) is 58.5 Å². The zero-order valence-corrected chi connectivity index (χ0v) is 16.8. The summed E-state index contributed by atoms with van der Waals surface area (Å²) >= 11 is 11.9. The third-order valence-electron chi connectivity index (χ3n) is 3.92. The fraction of sp³-hybridized carbons (Fsp3) is 0.0526. The number of H-pyrrole nitrogens is 1. The normalized spacial score (nSPS) is 11.9. The van der Waals surface area contributed by atoms with Crippen LogP contribution in [0.4, 0.5) is 0 Å². The predicted molar refractivity (Wildman–Crippen MR) is 108 cm³/mol. The summed E-state index contributed by atoms with van der Waals surface area (Å²) < 4.78 is 31.0. The van der Waals surface area contributed by atoms with Crippen LogP contribution in [0.25, 0.3) is 17.3 Å². The van der Waals surface area contributed by atoms with E-state index < -0.39 is 14.7 Å². The number of nitrogens with zero attached hydrogens (tertiary/aromatic N) is 2. The van der Waals surface area contributed by atoms with E-state index >= 15 is 0 Å². The van der Waals surface area contributed by atoms with Crippen LogP contribution in [0.2, 0.25) is 10.0 Å². The molecule has 0 unspecified atom stereocenters. The van der Waals surface area contributed by atoms with Crippen LogP contribution < -0.4 is 4.74 Å². The average Bonchev–Trinajstić information content (AvgIpc) is 3.16. The number of aromatic amines is 1. The van der Waals surface area contributed by atoms with Crippen LogP contribution >= 0.6 is 23.2 Å². The van der Waals surface area contributed by atoms with E-state index in [-0.39, 0.29) is 14.9 Å². The molecule has 0 bridgehead atoms. The Kier molecular flexibility index (Phi) is 5.75. The topological polar surface area (TPSA) is 95.8 Å². The molecule has 1 N–H and O–H groups in total. The summed E-state index contributed by atoms with van der Waals surface area (Å²) in [5, 5.41) is 16.4. The second-order valence-corrected chi connectivity index (χ2v) is 8.36. The highest BCUT2D eigenvalue weighted by Gasteiger charge is 2.25. The van der Waals surface area contributed by atoms with Crippen LogP contribution in [0.5, 0.6) is 5.75 Å². The fourth-order valence-corrected chi connectivity index (χ4v) is 4.41. The molecular formula is C19H13Cl2N3O3S. The van der Waals surface area contributed by atoms with Crippen molar-refractivity contribution in [2.75, 3.05) is 7.11 Å². The number of aromatic nitrogens is 2. The number of methoxy groups -OCH3 is 1. The second-order valence-electron chi connectivity index (χ2n) is 5.63. The Hall–Kier alpha value is -2.79. The highest BCUT2D eigenvalue weighted by molar-refractivity contribution is 7.95. The molecule has 2 aromatic carbocycles. The zero-order valence-electron chi connectivity index (χ0n) is 14.5. The van der Waals surface area contributed by atoms with Gasteiger partial charge in [-0.15, -0.1) is 0 Å². The summed E-state index contributed by atoms with van der Waals surface area (Å²) in [6, 6.07) is 12.9. The van der Waals surface area contributed by atoms with Gasteiger partial charge in [-0.2, -0.15) is 10.4 Å². The Morgan fingerprint density at radius 1 is 1.21 bits per heavy atom. The molecular weight excluding hydrogens is 421 g/mol. The van der Waals surface area contributed by atoms with E-state index in [1.54, 1.807) is 37.4 Å². The monoisotopic (exact) mass is 433 g/mol. The maximum atomic E-state index is 12.9. The van der Waals surface area contributed by atoms with E-state index in [9.17, 15) is 13.7 Å². The Morgan fingerprint density at radius 2 is 1.93 bits per heavy atom. The van der Waals surface area contributed by atoms with Gasteiger partial charge in [0.05, 0.1) is 28.9 Å². The molecule has 9 heteroatoms. The number of nitrogens with one attached hydrogen (secondary N) is 1. The lowest BCUT2D eigenvalue weighted by molar-refractivity contribution is 0.415. The molecule has 0 spiro atoms. The first-order valence-corrected chi connectivity index (χ1v) is 10.1. The summed E-state index contributed by atoms with van der Waals surface area (Å²) in [5.41, 5.74) is 1.74. The maximum absolute atomic E-state index is 12.9. The minimum Gasteiger partial charge on any atom is -0.497 e. The Morgan fingerprint density at radius 3 is 2.57 bits per heavy atom. The Bertz CT molecular complexity index is 1190. The summed E-state index contributed by atoms with van der Waals surface area (Å²) in [4.78, 5) is -0.711. The van der Waals surface area contributed by atoms with Crippen molar-refractivity contribution in [1.82, 2.24) is 10.2 Å². The number of hydrogen-bond donors (Lipinski definition) is 1. The molecule has 0 atom stereocenters. The number of rotatable bonds is 5. The lowest BCUT2D eigenvalue weighted by atomic mass is 10.1. The molecule has 0 amide bonds. The molecule has 1 aromatic heterocycles. The molecule has 3 aromatic rings. The van der Waals surface area contributed by atoms with Gasteiger partial charge in [0.2, 0.25) is 9.84 Å². The van der Waals surface area contributed by atoms with Crippen LogP contribution in [-0.4, -0.2) is 25.7 Å². The number of benzene rings is 2. The van der Waals surface area contributed by atoms with Gasteiger partial charge >= 0.3 is 0 Å². The van der Waals surface area contributed by atoms with Gasteiger partial charge in [0.1, 0.15) is 16.7 Å². The van der Waals surface area contributed by atoms with E-state index in [4.69, 9.17) is 27.9 Å². The summed E-state index contributed by atoms with van der Waals surface area (Å²) in [6.07, 6.45) is 2.68. The number of halogens is 2. The number of nitriles is 1. The number of hydrogen-bond acceptors (Lipinski definition) is 5. The van der Waals surface area contributed by atoms with Crippen molar-refractivity contribution in [3.05, 3.63) is 69.2 Å². The molecule has 0 saturated carbocycles. The lowest BCUT2D eigenvalue weighted by Crippen LogP contribution is -2.04. The summed E-state index contributed by atoms with van der Waals surface area (Å²) in [5.74, 6) is 0.677. The predicted octanol–water partition coefficient (Wildman–Crippen LogP) is 4.73. The molecule has 0 fully saturated rings. The number of allylic oxidation sites excluding steroid dienone is 1. The van der Waals surface area contributed by atoms with Gasteiger partial charge in [-0.05, 0) is 48.5 Å². The first kappa shape index (κ1) is 20.0. The first-order valence-electron chi connectivity index (χ1n) is 7.86. The SMILES string of the molecule is COc1ccc(-c2[nH]ncc2/C=C(\C#N)S(=O)(=O)c2cc(Cl)ccc2Cl)cc1. The molecule has 0 aliphatic rings. The van der Waals surface area contributed by atoms with Gasteiger partial charge < -0.3 is 4.74 Å². The molecule has 28 heavy (non-hydrogen) atoms. The van der Waals surface area contributed by atoms with Crippen molar-refractivity contribution in [3.63, 3.8) is 0 Å². The number of ether oxygens (including phenoxy) is 1. The van der Waals surface area contributed by atoms with E-state index in [2.05, 4.69) is 10.2 Å². The smallest absolute Gasteiger partial charge is 0.218 e. The van der Waals surface area contributed by atoms with Crippen molar-refractivity contribution in [2.45, 2.75) is 4.90 Å². The van der Waals surface area contributed by atoms with Crippen molar-refractivity contribution in [3.8, 4) is 23.1 Å². The largest absolute Gasteiger partial charge is 0.497 e.